The number of nitro benzene ring substituents is 1. The van der Waals surface area contributed by atoms with Crippen molar-refractivity contribution in [3.63, 3.8) is 0 Å². The Morgan fingerprint density at radius 1 is 1.19 bits per heavy atom. The van der Waals surface area contributed by atoms with Crippen LogP contribution in [0, 0.1) is 10.1 Å². The molecule has 0 aliphatic carbocycles. The third kappa shape index (κ3) is 7.41. The number of hydrogen-bond acceptors (Lipinski definition) is 5. The molecule has 0 radical (unpaired) electrons. The molecule has 2 rings (SSSR count). The highest BCUT2D eigenvalue weighted by Crippen LogP contribution is 2.24. The number of thioether (sulfide) groups is 1. The summed E-state index contributed by atoms with van der Waals surface area (Å²) in [4.78, 5) is 37.1. The number of amides is 2. The summed E-state index contributed by atoms with van der Waals surface area (Å²) in [5.41, 5.74) is 1.58. The van der Waals surface area contributed by atoms with Crippen LogP contribution in [-0.2, 0) is 21.9 Å². The third-order valence-electron chi connectivity index (χ3n) is 4.52. The predicted octanol–water partition coefficient (Wildman–Crippen LogP) is 4.69. The number of rotatable bonds is 10. The molecule has 0 bridgehead atoms. The van der Waals surface area contributed by atoms with Crippen molar-refractivity contribution in [3.05, 3.63) is 73.8 Å². The van der Waals surface area contributed by atoms with Crippen molar-refractivity contribution in [1.29, 1.82) is 0 Å². The van der Waals surface area contributed by atoms with E-state index in [9.17, 15) is 19.7 Å². The van der Waals surface area contributed by atoms with E-state index in [0.717, 1.165) is 5.56 Å². The number of carbonyl (C=O) groups excluding carboxylic acids is 2. The largest absolute Gasteiger partial charge is 0.355 e. The van der Waals surface area contributed by atoms with Gasteiger partial charge in [-0.2, -0.15) is 0 Å². The van der Waals surface area contributed by atoms with Gasteiger partial charge in [-0.3, -0.25) is 19.7 Å². The number of halogens is 2. The van der Waals surface area contributed by atoms with Crippen molar-refractivity contribution in [2.45, 2.75) is 32.2 Å². The molecule has 0 aromatic heterocycles. The lowest BCUT2D eigenvalue weighted by molar-refractivity contribution is -0.384. The SMILES string of the molecule is CCNC(=O)[C@@H](C)N(Cc1ccc(Cl)cc1Cl)C(=O)CSCc1ccc([N+](=O)[O-])cc1. The summed E-state index contributed by atoms with van der Waals surface area (Å²) in [6, 6.07) is 10.5. The van der Waals surface area contributed by atoms with Crippen LogP contribution in [-0.4, -0.2) is 40.0 Å². The van der Waals surface area contributed by atoms with Crippen LogP contribution in [0.4, 0.5) is 5.69 Å². The summed E-state index contributed by atoms with van der Waals surface area (Å²) in [6.07, 6.45) is 0. The Bertz CT molecular complexity index is 941. The maximum atomic E-state index is 13.0. The number of nitrogens with one attached hydrogen (secondary N) is 1. The molecule has 0 spiro atoms. The van der Waals surface area contributed by atoms with E-state index in [1.807, 2.05) is 6.92 Å². The summed E-state index contributed by atoms with van der Waals surface area (Å²) in [7, 11) is 0. The Balaban J connectivity index is 2.07. The second-order valence-electron chi connectivity index (χ2n) is 6.74. The van der Waals surface area contributed by atoms with E-state index in [1.54, 1.807) is 37.3 Å². The Morgan fingerprint density at radius 2 is 1.87 bits per heavy atom. The molecule has 166 valence electrons. The minimum Gasteiger partial charge on any atom is -0.355 e. The van der Waals surface area contributed by atoms with E-state index < -0.39 is 11.0 Å². The quantitative estimate of drug-likeness (QED) is 0.390. The van der Waals surface area contributed by atoms with Crippen molar-refractivity contribution in [2.75, 3.05) is 12.3 Å². The van der Waals surface area contributed by atoms with E-state index in [1.165, 1.54) is 28.8 Å². The summed E-state index contributed by atoms with van der Waals surface area (Å²) in [5, 5.41) is 14.4. The zero-order valence-corrected chi connectivity index (χ0v) is 19.5. The smallest absolute Gasteiger partial charge is 0.269 e. The first-order valence-corrected chi connectivity index (χ1v) is 11.5. The first-order chi connectivity index (χ1) is 14.7. The highest BCUT2D eigenvalue weighted by atomic mass is 35.5. The Kier molecular flexibility index (Phi) is 9.61. The number of nitrogens with zero attached hydrogens (tertiary/aromatic N) is 2. The molecule has 0 saturated carbocycles. The fourth-order valence-corrected chi connectivity index (χ4v) is 4.13. The summed E-state index contributed by atoms with van der Waals surface area (Å²) in [5.74, 6) is 0.193. The first-order valence-electron chi connectivity index (χ1n) is 9.55. The van der Waals surface area contributed by atoms with Crippen molar-refractivity contribution >= 4 is 52.5 Å². The molecule has 0 saturated heterocycles. The molecule has 2 aromatic rings. The molecule has 1 atom stereocenters. The second-order valence-corrected chi connectivity index (χ2v) is 8.57. The van der Waals surface area contributed by atoms with Crippen LogP contribution in [0.3, 0.4) is 0 Å². The second kappa shape index (κ2) is 11.9. The summed E-state index contributed by atoms with van der Waals surface area (Å²) in [6.45, 7) is 4.12. The van der Waals surface area contributed by atoms with Crippen LogP contribution in [0.25, 0.3) is 0 Å². The topological polar surface area (TPSA) is 92.6 Å². The fourth-order valence-electron chi connectivity index (χ4n) is 2.79. The molecule has 31 heavy (non-hydrogen) atoms. The molecule has 2 aromatic carbocycles. The van der Waals surface area contributed by atoms with Crippen molar-refractivity contribution in [3.8, 4) is 0 Å². The van der Waals surface area contributed by atoms with Gasteiger partial charge in [0.25, 0.3) is 5.69 Å². The van der Waals surface area contributed by atoms with Gasteiger partial charge in [-0.15, -0.1) is 11.8 Å². The van der Waals surface area contributed by atoms with Gasteiger partial charge in [0.05, 0.1) is 10.7 Å². The highest BCUT2D eigenvalue weighted by Gasteiger charge is 2.26. The molecule has 2 amide bonds. The minimum absolute atomic E-state index is 0.0200. The minimum atomic E-state index is -0.681. The number of non-ortho nitro benzene ring substituents is 1. The van der Waals surface area contributed by atoms with Crippen LogP contribution >= 0.6 is 35.0 Å². The van der Waals surface area contributed by atoms with Gasteiger partial charge in [0.15, 0.2) is 0 Å². The average Bonchev–Trinajstić information content (AvgIpc) is 2.73. The lowest BCUT2D eigenvalue weighted by Crippen LogP contribution is -2.48. The molecule has 0 fully saturated rings. The van der Waals surface area contributed by atoms with Crippen LogP contribution in [0.1, 0.15) is 25.0 Å². The number of hydrogen-bond donors (Lipinski definition) is 1. The normalized spacial score (nSPS) is 11.6. The average molecular weight is 484 g/mol. The molecule has 0 heterocycles. The van der Waals surface area contributed by atoms with Gasteiger partial charge in [0.2, 0.25) is 11.8 Å². The third-order valence-corrected chi connectivity index (χ3v) is 6.09. The van der Waals surface area contributed by atoms with Gasteiger partial charge in [-0.1, -0.05) is 41.4 Å². The van der Waals surface area contributed by atoms with Gasteiger partial charge >= 0.3 is 0 Å². The van der Waals surface area contributed by atoms with Crippen molar-refractivity contribution < 1.29 is 14.5 Å². The lowest BCUT2D eigenvalue weighted by Gasteiger charge is -2.29. The van der Waals surface area contributed by atoms with E-state index in [2.05, 4.69) is 5.32 Å². The van der Waals surface area contributed by atoms with Gasteiger partial charge in [0, 0.05) is 41.0 Å². The summed E-state index contributed by atoms with van der Waals surface area (Å²) >= 11 is 13.6. The standard InChI is InChI=1S/C21H23Cl2N3O4S/c1-3-24-21(28)14(2)25(11-16-6-7-17(22)10-19(16)23)20(27)13-31-12-15-4-8-18(9-5-15)26(29)30/h4-10,14H,3,11-13H2,1-2H3,(H,24,28)/t14-/m1/s1. The number of carbonyl (C=O) groups is 2. The molecular weight excluding hydrogens is 461 g/mol. The van der Waals surface area contributed by atoms with Gasteiger partial charge in [0.1, 0.15) is 6.04 Å². The molecule has 10 heteroatoms. The van der Waals surface area contributed by atoms with Gasteiger partial charge in [-0.05, 0) is 37.1 Å². The zero-order valence-electron chi connectivity index (χ0n) is 17.1. The Labute approximate surface area is 195 Å². The molecule has 0 unspecified atom stereocenters. The Morgan fingerprint density at radius 3 is 2.45 bits per heavy atom. The lowest BCUT2D eigenvalue weighted by atomic mass is 10.1. The van der Waals surface area contributed by atoms with Gasteiger partial charge in [-0.25, -0.2) is 0 Å². The number of likely N-dealkylation sites (N-methyl/N-ethyl adjacent to an activating group) is 1. The van der Waals surface area contributed by atoms with Crippen LogP contribution < -0.4 is 5.32 Å². The Hall–Kier alpha value is -2.29. The molecule has 0 aliphatic heterocycles. The highest BCUT2D eigenvalue weighted by molar-refractivity contribution is 7.99. The van der Waals surface area contributed by atoms with Crippen molar-refractivity contribution in [2.24, 2.45) is 0 Å². The fraction of sp³-hybridized carbons (Fsp3) is 0.333. The first kappa shape index (κ1) is 25.0. The van der Waals surface area contributed by atoms with Crippen LogP contribution in [0.15, 0.2) is 42.5 Å². The molecule has 1 N–H and O–H groups in total. The number of nitro groups is 1. The van der Waals surface area contributed by atoms with E-state index in [-0.39, 0.29) is 29.8 Å². The molecule has 7 nitrogen and oxygen atoms in total. The van der Waals surface area contributed by atoms with Crippen molar-refractivity contribution in [1.82, 2.24) is 10.2 Å². The zero-order chi connectivity index (χ0) is 23.0. The maximum absolute atomic E-state index is 13.0. The summed E-state index contributed by atoms with van der Waals surface area (Å²) < 4.78 is 0. The molecular formula is C21H23Cl2N3O4S. The van der Waals surface area contributed by atoms with Gasteiger partial charge < -0.3 is 10.2 Å². The van der Waals surface area contributed by atoms with Crippen LogP contribution in [0.2, 0.25) is 10.0 Å². The van der Waals surface area contributed by atoms with E-state index in [0.29, 0.717) is 27.9 Å². The maximum Gasteiger partial charge on any atom is 0.269 e. The predicted molar refractivity (Wildman–Crippen MR) is 124 cm³/mol. The molecule has 0 aliphatic rings. The van der Waals surface area contributed by atoms with Crippen LogP contribution in [0.5, 0.6) is 0 Å². The van der Waals surface area contributed by atoms with E-state index >= 15 is 0 Å². The number of benzene rings is 2. The van der Waals surface area contributed by atoms with E-state index in [4.69, 9.17) is 23.2 Å². The monoisotopic (exact) mass is 483 g/mol.